The number of nitrogens with one attached hydrogen (secondary N) is 1. The van der Waals surface area contributed by atoms with Crippen molar-refractivity contribution < 1.29 is 13.2 Å². The van der Waals surface area contributed by atoms with Crippen LogP contribution in [0.1, 0.15) is 25.0 Å². The molecule has 118 valence electrons. The Morgan fingerprint density at radius 2 is 1.90 bits per heavy atom. The summed E-state index contributed by atoms with van der Waals surface area (Å²) in [5.41, 5.74) is 1.55. The lowest BCUT2D eigenvalue weighted by Gasteiger charge is -2.37. The Kier molecular flexibility index (Phi) is 4.60. The normalized spacial score (nSPS) is 24.0. The molecule has 0 aliphatic carbocycles. The van der Waals surface area contributed by atoms with Crippen LogP contribution in [-0.4, -0.2) is 45.0 Å². The number of benzene rings is 1. The molecule has 1 N–H and O–H groups in total. The summed E-state index contributed by atoms with van der Waals surface area (Å²) in [5.74, 6) is 0.716. The summed E-state index contributed by atoms with van der Waals surface area (Å²) < 4.78 is 32.8. The number of nitrogens with zero attached hydrogens (tertiary/aromatic N) is 1. The molecular weight excluding hydrogens is 288 g/mol. The van der Waals surface area contributed by atoms with Gasteiger partial charge in [-0.2, -0.15) is 4.31 Å². The van der Waals surface area contributed by atoms with E-state index in [1.165, 1.54) is 0 Å². The summed E-state index contributed by atoms with van der Waals surface area (Å²) in [7, 11) is -1.89. The van der Waals surface area contributed by atoms with Crippen LogP contribution < -0.4 is 10.1 Å². The summed E-state index contributed by atoms with van der Waals surface area (Å²) in [6, 6.07) is 3.58. The van der Waals surface area contributed by atoms with Crippen molar-refractivity contribution in [1.29, 1.82) is 0 Å². The van der Waals surface area contributed by atoms with Gasteiger partial charge in [0.05, 0.1) is 12.0 Å². The van der Waals surface area contributed by atoms with Crippen molar-refractivity contribution in [3.05, 3.63) is 23.3 Å². The highest BCUT2D eigenvalue weighted by Crippen LogP contribution is 2.29. The SMILES string of the molecule is COc1cc(C)c(S(=O)(=O)N2CCNC(C)C2C)cc1C. The second kappa shape index (κ2) is 5.94. The monoisotopic (exact) mass is 312 g/mol. The predicted molar refractivity (Wildman–Crippen MR) is 83.3 cm³/mol. The predicted octanol–water partition coefficient (Wildman–Crippen LogP) is 1.68. The molecule has 0 saturated carbocycles. The van der Waals surface area contributed by atoms with Crippen molar-refractivity contribution >= 4 is 10.0 Å². The maximum atomic E-state index is 13.0. The highest BCUT2D eigenvalue weighted by atomic mass is 32.2. The van der Waals surface area contributed by atoms with Crippen LogP contribution in [0.5, 0.6) is 5.75 Å². The van der Waals surface area contributed by atoms with E-state index in [-0.39, 0.29) is 12.1 Å². The largest absolute Gasteiger partial charge is 0.496 e. The Morgan fingerprint density at radius 1 is 1.24 bits per heavy atom. The first-order valence-electron chi connectivity index (χ1n) is 7.19. The number of methoxy groups -OCH3 is 1. The molecule has 2 rings (SSSR count). The van der Waals surface area contributed by atoms with Crippen LogP contribution >= 0.6 is 0 Å². The number of aryl methyl sites for hydroxylation is 2. The van der Waals surface area contributed by atoms with Crippen LogP contribution in [0.25, 0.3) is 0 Å². The summed E-state index contributed by atoms with van der Waals surface area (Å²) >= 11 is 0. The van der Waals surface area contributed by atoms with Gasteiger partial charge in [-0.1, -0.05) is 0 Å². The molecule has 1 heterocycles. The van der Waals surface area contributed by atoms with Gasteiger partial charge in [0.25, 0.3) is 0 Å². The van der Waals surface area contributed by atoms with Gasteiger partial charge in [-0.15, -0.1) is 0 Å². The van der Waals surface area contributed by atoms with Crippen LogP contribution in [0.15, 0.2) is 17.0 Å². The summed E-state index contributed by atoms with van der Waals surface area (Å²) in [5, 5.41) is 3.30. The lowest BCUT2D eigenvalue weighted by molar-refractivity contribution is 0.232. The molecule has 1 fully saturated rings. The fraction of sp³-hybridized carbons (Fsp3) is 0.600. The van der Waals surface area contributed by atoms with Crippen LogP contribution in [0, 0.1) is 13.8 Å². The van der Waals surface area contributed by atoms with Crippen molar-refractivity contribution in [2.75, 3.05) is 20.2 Å². The van der Waals surface area contributed by atoms with Gasteiger partial charge in [-0.25, -0.2) is 8.42 Å². The summed E-state index contributed by atoms with van der Waals surface area (Å²) in [4.78, 5) is 0.377. The minimum atomic E-state index is -3.48. The molecule has 1 aromatic carbocycles. The highest BCUT2D eigenvalue weighted by Gasteiger charge is 2.35. The Hall–Kier alpha value is -1.11. The quantitative estimate of drug-likeness (QED) is 0.922. The molecule has 21 heavy (non-hydrogen) atoms. The number of hydrogen-bond donors (Lipinski definition) is 1. The fourth-order valence-electron chi connectivity index (χ4n) is 2.75. The zero-order valence-electron chi connectivity index (χ0n) is 13.3. The average molecular weight is 312 g/mol. The molecule has 5 nitrogen and oxygen atoms in total. The molecule has 0 aromatic heterocycles. The average Bonchev–Trinajstić information content (AvgIpc) is 2.43. The van der Waals surface area contributed by atoms with Crippen molar-refractivity contribution in [3.8, 4) is 5.75 Å². The second-order valence-electron chi connectivity index (χ2n) is 5.69. The lowest BCUT2D eigenvalue weighted by Crippen LogP contribution is -2.57. The van der Waals surface area contributed by atoms with E-state index in [0.717, 1.165) is 11.1 Å². The van der Waals surface area contributed by atoms with Gasteiger partial charge in [0.2, 0.25) is 10.0 Å². The first-order valence-corrected chi connectivity index (χ1v) is 8.63. The van der Waals surface area contributed by atoms with Gasteiger partial charge in [0.1, 0.15) is 5.75 Å². The van der Waals surface area contributed by atoms with Gasteiger partial charge >= 0.3 is 0 Å². The van der Waals surface area contributed by atoms with Gasteiger partial charge in [-0.05, 0) is 51.0 Å². The maximum Gasteiger partial charge on any atom is 0.243 e. The highest BCUT2D eigenvalue weighted by molar-refractivity contribution is 7.89. The van der Waals surface area contributed by atoms with E-state index >= 15 is 0 Å². The van der Waals surface area contributed by atoms with Crippen LogP contribution in [0.3, 0.4) is 0 Å². The maximum absolute atomic E-state index is 13.0. The van der Waals surface area contributed by atoms with Crippen molar-refractivity contribution in [1.82, 2.24) is 9.62 Å². The third-order valence-electron chi connectivity index (χ3n) is 4.26. The Balaban J connectivity index is 2.47. The van der Waals surface area contributed by atoms with Gasteiger partial charge in [0, 0.05) is 25.2 Å². The smallest absolute Gasteiger partial charge is 0.243 e. The summed E-state index contributed by atoms with van der Waals surface area (Å²) in [6.07, 6.45) is 0. The van der Waals surface area contributed by atoms with E-state index in [9.17, 15) is 8.42 Å². The Bertz CT molecular complexity index is 628. The van der Waals surface area contributed by atoms with Crippen molar-refractivity contribution in [3.63, 3.8) is 0 Å². The second-order valence-corrected chi connectivity index (χ2v) is 7.55. The van der Waals surface area contributed by atoms with Crippen LogP contribution in [0.4, 0.5) is 0 Å². The zero-order valence-corrected chi connectivity index (χ0v) is 14.1. The molecule has 1 saturated heterocycles. The first kappa shape index (κ1) is 16.3. The molecule has 1 aliphatic rings. The third-order valence-corrected chi connectivity index (χ3v) is 6.38. The van der Waals surface area contributed by atoms with Gasteiger partial charge < -0.3 is 10.1 Å². The number of hydrogen-bond acceptors (Lipinski definition) is 4. The standard InChI is InChI=1S/C15H24N2O3S/c1-10-9-15(11(2)8-14(10)20-5)21(18,19)17-7-6-16-12(3)13(17)4/h8-9,12-13,16H,6-7H2,1-5H3. The third kappa shape index (κ3) is 2.93. The minimum absolute atomic E-state index is 0.0643. The molecule has 0 bridgehead atoms. The summed E-state index contributed by atoms with van der Waals surface area (Å²) in [6.45, 7) is 8.81. The lowest BCUT2D eigenvalue weighted by atomic mass is 10.1. The molecule has 0 radical (unpaired) electrons. The van der Waals surface area contributed by atoms with Crippen LogP contribution in [-0.2, 0) is 10.0 Å². The molecular formula is C15H24N2O3S. The Labute approximate surface area is 127 Å². The van der Waals surface area contributed by atoms with E-state index in [4.69, 9.17) is 4.74 Å². The van der Waals surface area contributed by atoms with Gasteiger partial charge in [-0.3, -0.25) is 0 Å². The Morgan fingerprint density at radius 3 is 2.52 bits per heavy atom. The molecule has 2 atom stereocenters. The fourth-order valence-corrected chi connectivity index (χ4v) is 4.75. The van der Waals surface area contributed by atoms with Crippen molar-refractivity contribution in [2.24, 2.45) is 0 Å². The topological polar surface area (TPSA) is 58.6 Å². The number of ether oxygens (including phenoxy) is 1. The number of rotatable bonds is 3. The van der Waals surface area contributed by atoms with E-state index in [2.05, 4.69) is 5.32 Å². The van der Waals surface area contributed by atoms with Gasteiger partial charge in [0.15, 0.2) is 0 Å². The molecule has 0 spiro atoms. The number of piperazine rings is 1. The molecule has 1 aromatic rings. The number of sulfonamides is 1. The minimum Gasteiger partial charge on any atom is -0.496 e. The molecule has 2 unspecified atom stereocenters. The van der Waals surface area contributed by atoms with E-state index in [0.29, 0.717) is 23.7 Å². The van der Waals surface area contributed by atoms with Crippen molar-refractivity contribution in [2.45, 2.75) is 44.7 Å². The van der Waals surface area contributed by atoms with Crippen LogP contribution in [0.2, 0.25) is 0 Å². The molecule has 0 amide bonds. The zero-order chi connectivity index (χ0) is 15.8. The van der Waals surface area contributed by atoms with E-state index in [1.54, 1.807) is 23.5 Å². The van der Waals surface area contributed by atoms with E-state index in [1.807, 2.05) is 27.7 Å². The molecule has 1 aliphatic heterocycles. The molecule has 6 heteroatoms. The first-order chi connectivity index (χ1) is 9.78. The van der Waals surface area contributed by atoms with E-state index < -0.39 is 10.0 Å².